The summed E-state index contributed by atoms with van der Waals surface area (Å²) in [4.78, 5) is 19.2. The van der Waals surface area contributed by atoms with Gasteiger partial charge >= 0.3 is 0 Å². The van der Waals surface area contributed by atoms with Gasteiger partial charge in [0, 0.05) is 11.1 Å². The molecule has 0 spiro atoms. The van der Waals surface area contributed by atoms with Gasteiger partial charge in [-0.1, -0.05) is 23.2 Å². The Balaban J connectivity index is 2.25. The second-order valence-corrected chi connectivity index (χ2v) is 4.58. The number of rotatable bonds is 2. The molecule has 0 radical (unpaired) electrons. The summed E-state index contributed by atoms with van der Waals surface area (Å²) in [6.45, 7) is 0. The van der Waals surface area contributed by atoms with Gasteiger partial charge in [-0.25, -0.2) is 14.4 Å². The number of carbonyl (C=O) groups is 1. The van der Waals surface area contributed by atoms with E-state index in [9.17, 15) is 9.18 Å². The van der Waals surface area contributed by atoms with E-state index in [0.717, 1.165) is 6.07 Å². The van der Waals surface area contributed by atoms with Gasteiger partial charge in [0.2, 0.25) is 5.28 Å². The Hall–Kier alpha value is -1.43. The first-order valence-corrected chi connectivity index (χ1v) is 6.05. The molecule has 8 heteroatoms. The van der Waals surface area contributed by atoms with Crippen molar-refractivity contribution in [2.45, 2.75) is 0 Å². The molecule has 0 aliphatic carbocycles. The van der Waals surface area contributed by atoms with Gasteiger partial charge in [0.15, 0.2) is 0 Å². The summed E-state index contributed by atoms with van der Waals surface area (Å²) in [5.74, 6) is -1.36. The Bertz CT molecular complexity index is 631. The zero-order valence-corrected chi connectivity index (χ0v) is 11.4. The first kappa shape index (κ1) is 14.0. The van der Waals surface area contributed by atoms with Gasteiger partial charge in [0.25, 0.3) is 5.91 Å². The minimum atomic E-state index is -0.740. The lowest BCUT2D eigenvalue weighted by atomic mass is 10.2. The van der Waals surface area contributed by atoms with Crippen molar-refractivity contribution in [3.63, 3.8) is 0 Å². The zero-order chi connectivity index (χ0) is 14.0. The van der Waals surface area contributed by atoms with Crippen molar-refractivity contribution in [2.75, 3.05) is 5.32 Å². The molecule has 0 saturated heterocycles. The Labute approximate surface area is 122 Å². The van der Waals surface area contributed by atoms with Crippen LogP contribution in [-0.2, 0) is 0 Å². The van der Waals surface area contributed by atoms with E-state index in [4.69, 9.17) is 34.8 Å². The minimum absolute atomic E-state index is 0.0619. The molecule has 2 rings (SSSR count). The van der Waals surface area contributed by atoms with E-state index in [1.807, 2.05) is 0 Å². The van der Waals surface area contributed by atoms with Crippen LogP contribution in [0.25, 0.3) is 0 Å². The molecule has 1 N–H and O–H groups in total. The van der Waals surface area contributed by atoms with E-state index < -0.39 is 11.7 Å². The van der Waals surface area contributed by atoms with Gasteiger partial charge in [0.1, 0.15) is 16.8 Å². The lowest BCUT2D eigenvalue weighted by Gasteiger charge is -2.06. The highest BCUT2D eigenvalue weighted by atomic mass is 35.5. The van der Waals surface area contributed by atoms with Crippen LogP contribution < -0.4 is 5.32 Å². The first-order valence-electron chi connectivity index (χ1n) is 4.92. The summed E-state index contributed by atoms with van der Waals surface area (Å²) < 4.78 is 13.5. The SMILES string of the molecule is O=C(Nc1cc(Cl)nc(Cl)n1)c1ccc(Cl)cc1F. The van der Waals surface area contributed by atoms with E-state index in [-0.39, 0.29) is 26.8 Å². The highest BCUT2D eigenvalue weighted by molar-refractivity contribution is 6.32. The molecule has 0 bridgehead atoms. The highest BCUT2D eigenvalue weighted by Gasteiger charge is 2.13. The largest absolute Gasteiger partial charge is 0.306 e. The molecule has 0 aliphatic heterocycles. The van der Waals surface area contributed by atoms with Crippen LogP contribution >= 0.6 is 34.8 Å². The van der Waals surface area contributed by atoms with Crippen LogP contribution in [0, 0.1) is 5.82 Å². The van der Waals surface area contributed by atoms with Crippen molar-refractivity contribution in [1.82, 2.24) is 9.97 Å². The number of anilines is 1. The normalized spacial score (nSPS) is 10.3. The maximum atomic E-state index is 13.5. The van der Waals surface area contributed by atoms with Crippen molar-refractivity contribution >= 4 is 46.5 Å². The van der Waals surface area contributed by atoms with Crippen LogP contribution in [0.2, 0.25) is 15.5 Å². The number of carbonyl (C=O) groups excluding carboxylic acids is 1. The van der Waals surface area contributed by atoms with Gasteiger partial charge in [-0.3, -0.25) is 4.79 Å². The molecule has 0 saturated carbocycles. The van der Waals surface area contributed by atoms with Crippen LogP contribution in [-0.4, -0.2) is 15.9 Å². The summed E-state index contributed by atoms with van der Waals surface area (Å²) >= 11 is 16.8. The van der Waals surface area contributed by atoms with E-state index >= 15 is 0 Å². The lowest BCUT2D eigenvalue weighted by Crippen LogP contribution is -2.15. The molecule has 0 unspecified atom stereocenters. The maximum Gasteiger partial charge on any atom is 0.259 e. The van der Waals surface area contributed by atoms with Crippen molar-refractivity contribution in [1.29, 1.82) is 0 Å². The summed E-state index contributed by atoms with van der Waals surface area (Å²) in [6, 6.07) is 4.99. The predicted molar refractivity (Wildman–Crippen MR) is 71.4 cm³/mol. The molecule has 1 amide bonds. The van der Waals surface area contributed by atoms with Gasteiger partial charge < -0.3 is 5.32 Å². The number of hydrogen-bond acceptors (Lipinski definition) is 3. The molecule has 1 heterocycles. The van der Waals surface area contributed by atoms with Crippen LogP contribution in [0.3, 0.4) is 0 Å². The van der Waals surface area contributed by atoms with Gasteiger partial charge in [-0.05, 0) is 29.8 Å². The van der Waals surface area contributed by atoms with E-state index in [2.05, 4.69) is 15.3 Å². The third kappa shape index (κ3) is 3.53. The molecular formula is C11H5Cl3FN3O. The molecule has 98 valence electrons. The topological polar surface area (TPSA) is 54.9 Å². The summed E-state index contributed by atoms with van der Waals surface area (Å²) in [5.41, 5.74) is -0.171. The molecule has 19 heavy (non-hydrogen) atoms. The summed E-state index contributed by atoms with van der Waals surface area (Å²) in [6.07, 6.45) is 0. The summed E-state index contributed by atoms with van der Waals surface area (Å²) in [7, 11) is 0. The van der Waals surface area contributed by atoms with Gasteiger partial charge in [-0.2, -0.15) is 0 Å². The van der Waals surface area contributed by atoms with Crippen molar-refractivity contribution < 1.29 is 9.18 Å². The zero-order valence-electron chi connectivity index (χ0n) is 9.12. The van der Waals surface area contributed by atoms with Gasteiger partial charge in [0.05, 0.1) is 5.56 Å². The fourth-order valence-electron chi connectivity index (χ4n) is 1.31. The molecule has 1 aromatic carbocycles. The van der Waals surface area contributed by atoms with E-state index in [1.165, 1.54) is 18.2 Å². The molecular weight excluding hydrogens is 315 g/mol. The third-order valence-electron chi connectivity index (χ3n) is 2.08. The Morgan fingerprint density at radius 1 is 1.16 bits per heavy atom. The number of amides is 1. The second kappa shape index (κ2) is 5.69. The fourth-order valence-corrected chi connectivity index (χ4v) is 1.88. The average molecular weight is 321 g/mol. The number of hydrogen-bond donors (Lipinski definition) is 1. The molecule has 1 aromatic heterocycles. The lowest BCUT2D eigenvalue weighted by molar-refractivity contribution is 0.102. The quantitative estimate of drug-likeness (QED) is 0.676. The monoisotopic (exact) mass is 319 g/mol. The van der Waals surface area contributed by atoms with Crippen molar-refractivity contribution in [2.24, 2.45) is 0 Å². The van der Waals surface area contributed by atoms with Crippen LogP contribution in [0.1, 0.15) is 10.4 Å². The molecule has 2 aromatic rings. The smallest absolute Gasteiger partial charge is 0.259 e. The van der Waals surface area contributed by atoms with Crippen LogP contribution in [0.15, 0.2) is 24.3 Å². The third-order valence-corrected chi connectivity index (χ3v) is 2.68. The van der Waals surface area contributed by atoms with Crippen LogP contribution in [0.5, 0.6) is 0 Å². The van der Waals surface area contributed by atoms with Gasteiger partial charge in [-0.15, -0.1) is 0 Å². The standard InChI is InChI=1S/C11H5Cl3FN3O/c12-5-1-2-6(7(15)3-5)10(19)17-9-4-8(13)16-11(14)18-9/h1-4H,(H,16,17,18,19). The Kier molecular flexibility index (Phi) is 4.19. The molecule has 0 fully saturated rings. The average Bonchev–Trinajstić information content (AvgIpc) is 2.26. The molecule has 0 aliphatic rings. The fraction of sp³-hybridized carbons (Fsp3) is 0. The van der Waals surface area contributed by atoms with Crippen molar-refractivity contribution in [3.8, 4) is 0 Å². The van der Waals surface area contributed by atoms with Crippen molar-refractivity contribution in [3.05, 3.63) is 51.1 Å². The number of halogens is 4. The molecule has 0 atom stereocenters. The predicted octanol–water partition coefficient (Wildman–Crippen LogP) is 3.83. The number of nitrogens with one attached hydrogen (secondary N) is 1. The highest BCUT2D eigenvalue weighted by Crippen LogP contribution is 2.18. The first-order chi connectivity index (χ1) is 8.95. The van der Waals surface area contributed by atoms with Crippen LogP contribution in [0.4, 0.5) is 10.2 Å². The minimum Gasteiger partial charge on any atom is -0.306 e. The Morgan fingerprint density at radius 2 is 1.89 bits per heavy atom. The number of benzene rings is 1. The summed E-state index contributed by atoms with van der Waals surface area (Å²) in [5, 5.41) is 2.49. The maximum absolute atomic E-state index is 13.5. The van der Waals surface area contributed by atoms with E-state index in [0.29, 0.717) is 0 Å². The molecule has 4 nitrogen and oxygen atoms in total. The number of aromatic nitrogens is 2. The van der Waals surface area contributed by atoms with E-state index in [1.54, 1.807) is 0 Å². The number of nitrogens with zero attached hydrogens (tertiary/aromatic N) is 2. The second-order valence-electron chi connectivity index (χ2n) is 3.42. The Morgan fingerprint density at radius 3 is 2.53 bits per heavy atom.